The lowest BCUT2D eigenvalue weighted by Crippen LogP contribution is -2.09. The summed E-state index contributed by atoms with van der Waals surface area (Å²) < 4.78 is 0. The molecule has 0 radical (unpaired) electrons. The van der Waals surface area contributed by atoms with Crippen LogP contribution in [0, 0.1) is 0 Å². The minimum Gasteiger partial charge on any atom is -0.411 e. The van der Waals surface area contributed by atoms with Crippen LogP contribution in [-0.4, -0.2) is 16.7 Å². The summed E-state index contributed by atoms with van der Waals surface area (Å²) >= 11 is 0. The lowest BCUT2D eigenvalue weighted by atomic mass is 10.1. The second kappa shape index (κ2) is 5.89. The normalized spacial score (nSPS) is 11.6. The lowest BCUT2D eigenvalue weighted by molar-refractivity contribution is -0.113. The fraction of sp³-hybridized carbons (Fsp3) is 0.750. The summed E-state index contributed by atoms with van der Waals surface area (Å²) in [6, 6.07) is 0. The summed E-state index contributed by atoms with van der Waals surface area (Å²) in [5, 5.41) is 11.1. The van der Waals surface area contributed by atoms with E-state index in [9.17, 15) is 4.79 Å². The third kappa shape index (κ3) is 4.53. The fourth-order valence-corrected chi connectivity index (χ4v) is 0.772. The van der Waals surface area contributed by atoms with Gasteiger partial charge < -0.3 is 5.21 Å². The number of hydrogen-bond acceptors (Lipinski definition) is 3. The molecule has 0 bridgehead atoms. The number of Topliss-reactive ketones (excluding diaryl/α,β-unsaturated/α-hetero) is 1. The first-order valence-electron chi connectivity index (χ1n) is 3.94. The van der Waals surface area contributed by atoms with Crippen LogP contribution >= 0.6 is 0 Å². The molecule has 0 fully saturated rings. The Balaban J connectivity index is 3.53. The van der Waals surface area contributed by atoms with Crippen molar-refractivity contribution in [3.8, 4) is 0 Å². The van der Waals surface area contributed by atoms with Crippen molar-refractivity contribution < 1.29 is 10.0 Å². The molecule has 0 saturated heterocycles. The topological polar surface area (TPSA) is 49.7 Å². The van der Waals surface area contributed by atoms with Gasteiger partial charge in [0.05, 0.1) is 0 Å². The van der Waals surface area contributed by atoms with Gasteiger partial charge in [-0.3, -0.25) is 4.79 Å². The molecule has 1 N–H and O–H groups in total. The Morgan fingerprint density at radius 2 is 2.09 bits per heavy atom. The highest BCUT2D eigenvalue weighted by Crippen LogP contribution is 2.00. The molecule has 0 spiro atoms. The van der Waals surface area contributed by atoms with Gasteiger partial charge in [-0.05, 0) is 13.3 Å². The number of ketones is 1. The first-order valence-corrected chi connectivity index (χ1v) is 3.94. The van der Waals surface area contributed by atoms with E-state index in [0.717, 1.165) is 19.3 Å². The summed E-state index contributed by atoms with van der Waals surface area (Å²) in [5.41, 5.74) is 0.209. The van der Waals surface area contributed by atoms with E-state index in [1.165, 1.54) is 6.92 Å². The Morgan fingerprint density at radius 3 is 2.55 bits per heavy atom. The lowest BCUT2D eigenvalue weighted by Gasteiger charge is -1.96. The molecule has 64 valence electrons. The molecular formula is C8H15NO2. The molecule has 0 unspecified atom stereocenters. The van der Waals surface area contributed by atoms with Gasteiger partial charge in [-0.1, -0.05) is 24.9 Å². The summed E-state index contributed by atoms with van der Waals surface area (Å²) in [7, 11) is 0. The monoisotopic (exact) mass is 157 g/mol. The first kappa shape index (κ1) is 10.1. The average Bonchev–Trinajstić information content (AvgIpc) is 2.03. The number of nitrogens with zero attached hydrogens (tertiary/aromatic N) is 1. The minimum atomic E-state index is -0.0547. The van der Waals surface area contributed by atoms with E-state index in [1.807, 2.05) is 0 Å². The van der Waals surface area contributed by atoms with Gasteiger partial charge in [0.25, 0.3) is 0 Å². The molecule has 0 aliphatic rings. The van der Waals surface area contributed by atoms with Gasteiger partial charge in [0.2, 0.25) is 0 Å². The maximum Gasteiger partial charge on any atom is 0.180 e. The SMILES string of the molecule is CCCCCC(=O)C(C)=NO. The van der Waals surface area contributed by atoms with Crippen molar-refractivity contribution in [2.24, 2.45) is 5.16 Å². The highest BCUT2D eigenvalue weighted by atomic mass is 16.4. The van der Waals surface area contributed by atoms with E-state index < -0.39 is 0 Å². The van der Waals surface area contributed by atoms with Crippen molar-refractivity contribution in [2.45, 2.75) is 39.5 Å². The number of oxime groups is 1. The smallest absolute Gasteiger partial charge is 0.180 e. The molecule has 0 amide bonds. The van der Waals surface area contributed by atoms with Crippen molar-refractivity contribution >= 4 is 11.5 Å². The standard InChI is InChI=1S/C8H15NO2/c1-3-4-5-6-8(10)7(2)9-11/h11H,3-6H2,1-2H3. The van der Waals surface area contributed by atoms with Gasteiger partial charge in [0, 0.05) is 6.42 Å². The Hall–Kier alpha value is -0.860. The molecule has 0 aromatic heterocycles. The van der Waals surface area contributed by atoms with E-state index in [2.05, 4.69) is 12.1 Å². The van der Waals surface area contributed by atoms with E-state index >= 15 is 0 Å². The summed E-state index contributed by atoms with van der Waals surface area (Å²) in [6.45, 7) is 3.60. The zero-order valence-electron chi connectivity index (χ0n) is 7.13. The van der Waals surface area contributed by atoms with Gasteiger partial charge in [-0.15, -0.1) is 0 Å². The molecule has 0 heterocycles. The molecule has 0 saturated carbocycles. The maximum absolute atomic E-state index is 11.0. The van der Waals surface area contributed by atoms with Crippen molar-refractivity contribution in [3.63, 3.8) is 0 Å². The molecule has 3 nitrogen and oxygen atoms in total. The molecule has 0 aliphatic carbocycles. The van der Waals surface area contributed by atoms with Crippen LogP contribution in [0.15, 0.2) is 5.16 Å². The Labute approximate surface area is 67.1 Å². The van der Waals surface area contributed by atoms with E-state index in [1.54, 1.807) is 0 Å². The highest BCUT2D eigenvalue weighted by molar-refractivity contribution is 6.38. The number of rotatable bonds is 5. The molecule has 3 heteroatoms. The van der Waals surface area contributed by atoms with Crippen LogP contribution in [0.3, 0.4) is 0 Å². The zero-order chi connectivity index (χ0) is 8.69. The number of carbonyl (C=O) groups is 1. The van der Waals surface area contributed by atoms with Crippen molar-refractivity contribution in [2.75, 3.05) is 0 Å². The van der Waals surface area contributed by atoms with Crippen LogP contribution in [0.25, 0.3) is 0 Å². The Bertz CT molecular complexity index is 152. The summed E-state index contributed by atoms with van der Waals surface area (Å²) in [6.07, 6.45) is 3.55. The number of hydrogen-bond donors (Lipinski definition) is 1. The van der Waals surface area contributed by atoms with Crippen LogP contribution in [-0.2, 0) is 4.79 Å². The third-order valence-electron chi connectivity index (χ3n) is 1.56. The highest BCUT2D eigenvalue weighted by Gasteiger charge is 2.04. The second-order valence-electron chi connectivity index (χ2n) is 2.57. The first-order chi connectivity index (χ1) is 5.22. The van der Waals surface area contributed by atoms with E-state index in [4.69, 9.17) is 5.21 Å². The predicted molar refractivity (Wildman–Crippen MR) is 44.0 cm³/mol. The molecule has 0 atom stereocenters. The van der Waals surface area contributed by atoms with Gasteiger partial charge >= 0.3 is 0 Å². The van der Waals surface area contributed by atoms with Crippen LogP contribution in [0.2, 0.25) is 0 Å². The van der Waals surface area contributed by atoms with Gasteiger partial charge in [0.1, 0.15) is 5.71 Å². The van der Waals surface area contributed by atoms with E-state index in [-0.39, 0.29) is 11.5 Å². The summed E-state index contributed by atoms with van der Waals surface area (Å²) in [5.74, 6) is -0.0547. The minimum absolute atomic E-state index is 0.0547. The quantitative estimate of drug-likeness (QED) is 0.287. The Kier molecular flexibility index (Phi) is 5.43. The molecule has 0 aromatic carbocycles. The number of carbonyl (C=O) groups excluding carboxylic acids is 1. The van der Waals surface area contributed by atoms with Crippen molar-refractivity contribution in [1.29, 1.82) is 0 Å². The predicted octanol–water partition coefficient (Wildman–Crippen LogP) is 1.99. The summed E-state index contributed by atoms with van der Waals surface area (Å²) in [4.78, 5) is 11.0. The third-order valence-corrected chi connectivity index (χ3v) is 1.56. The molecule has 11 heavy (non-hydrogen) atoms. The Morgan fingerprint density at radius 1 is 1.45 bits per heavy atom. The van der Waals surface area contributed by atoms with Gasteiger partial charge in [-0.2, -0.15) is 0 Å². The van der Waals surface area contributed by atoms with Crippen molar-refractivity contribution in [1.82, 2.24) is 0 Å². The zero-order valence-corrected chi connectivity index (χ0v) is 7.13. The van der Waals surface area contributed by atoms with Crippen LogP contribution in [0.4, 0.5) is 0 Å². The van der Waals surface area contributed by atoms with Crippen LogP contribution in [0.1, 0.15) is 39.5 Å². The maximum atomic E-state index is 11.0. The second-order valence-corrected chi connectivity index (χ2v) is 2.57. The molecule has 0 aliphatic heterocycles. The average molecular weight is 157 g/mol. The van der Waals surface area contributed by atoms with Crippen molar-refractivity contribution in [3.05, 3.63) is 0 Å². The van der Waals surface area contributed by atoms with Crippen LogP contribution < -0.4 is 0 Å². The number of unbranched alkanes of at least 4 members (excludes halogenated alkanes) is 2. The van der Waals surface area contributed by atoms with Gasteiger partial charge in [-0.25, -0.2) is 0 Å². The molecular weight excluding hydrogens is 142 g/mol. The van der Waals surface area contributed by atoms with Crippen LogP contribution in [0.5, 0.6) is 0 Å². The molecule has 0 aromatic rings. The fourth-order valence-electron chi connectivity index (χ4n) is 0.772. The molecule has 0 rings (SSSR count). The van der Waals surface area contributed by atoms with E-state index in [0.29, 0.717) is 6.42 Å². The largest absolute Gasteiger partial charge is 0.411 e. The van der Waals surface area contributed by atoms with Gasteiger partial charge in [0.15, 0.2) is 5.78 Å².